The fourth-order valence-electron chi connectivity index (χ4n) is 5.88. The highest BCUT2D eigenvalue weighted by Gasteiger charge is 2.70. The molecule has 0 atom stereocenters. The van der Waals surface area contributed by atoms with Gasteiger partial charge in [-0.15, -0.1) is 8.78 Å². The predicted octanol–water partition coefficient (Wildman–Crippen LogP) is 2.78. The van der Waals surface area contributed by atoms with Gasteiger partial charge in [0.2, 0.25) is 0 Å². The second-order valence-corrected chi connectivity index (χ2v) is 9.77. The number of carbonyl (C=O) groups is 2. The number of fused-ring (bicyclic) bond motifs is 1. The summed E-state index contributed by atoms with van der Waals surface area (Å²) in [5.74, 6) is -2.51. The van der Waals surface area contributed by atoms with Gasteiger partial charge in [-0.2, -0.15) is 0 Å². The van der Waals surface area contributed by atoms with Crippen LogP contribution >= 0.6 is 0 Å². The average molecular weight is 518 g/mol. The van der Waals surface area contributed by atoms with Crippen molar-refractivity contribution in [3.63, 3.8) is 0 Å². The van der Waals surface area contributed by atoms with E-state index in [4.69, 9.17) is 9.47 Å². The van der Waals surface area contributed by atoms with Crippen LogP contribution in [0.1, 0.15) is 40.0 Å². The molecule has 11 nitrogen and oxygen atoms in total. The highest BCUT2D eigenvalue weighted by molar-refractivity contribution is 6.12. The number of hydrogen-bond donors (Lipinski definition) is 3. The molecule has 2 aromatic rings. The van der Waals surface area contributed by atoms with Crippen molar-refractivity contribution in [2.75, 3.05) is 44.0 Å². The molecule has 7 rings (SSSR count). The molecule has 37 heavy (non-hydrogen) atoms. The maximum atomic E-state index is 13.5. The van der Waals surface area contributed by atoms with Gasteiger partial charge in [-0.3, -0.25) is 9.69 Å². The molecular formula is C24H24F2N4O7. The van der Waals surface area contributed by atoms with Crippen LogP contribution in [0.25, 0.3) is 0 Å². The number of carboxylic acids is 1. The largest absolute Gasteiger partial charge is 0.586 e. The van der Waals surface area contributed by atoms with E-state index in [1.54, 1.807) is 0 Å². The molecule has 1 aromatic carbocycles. The van der Waals surface area contributed by atoms with Crippen LogP contribution in [-0.4, -0.2) is 77.7 Å². The van der Waals surface area contributed by atoms with Gasteiger partial charge in [-0.1, -0.05) is 0 Å². The number of halogens is 2. The Morgan fingerprint density at radius 3 is 2.46 bits per heavy atom. The van der Waals surface area contributed by atoms with Gasteiger partial charge >= 0.3 is 12.3 Å². The topological polar surface area (TPSA) is 131 Å². The van der Waals surface area contributed by atoms with Gasteiger partial charge in [0.25, 0.3) is 5.91 Å². The quantitative estimate of drug-likeness (QED) is 0.503. The minimum atomic E-state index is -3.94. The highest BCUT2D eigenvalue weighted by atomic mass is 19.3. The number of carbonyl (C=O) groups excluding carboxylic acids is 1. The maximum Gasteiger partial charge on any atom is 0.586 e. The predicted molar refractivity (Wildman–Crippen MR) is 124 cm³/mol. The number of anilines is 2. The molecular weight excluding hydrogens is 494 g/mol. The van der Waals surface area contributed by atoms with E-state index in [1.807, 2.05) is 0 Å². The molecule has 3 saturated carbocycles. The average Bonchev–Trinajstić information content (AvgIpc) is 3.12. The maximum absolute atomic E-state index is 13.5. The Hall–Kier alpha value is -3.71. The van der Waals surface area contributed by atoms with E-state index in [1.165, 1.54) is 19.4 Å². The summed E-state index contributed by atoms with van der Waals surface area (Å²) in [6.45, 7) is 3.24. The minimum absolute atomic E-state index is 0.0643. The van der Waals surface area contributed by atoms with Crippen LogP contribution in [-0.2, 0) is 4.74 Å². The SMILES string of the molecule is COc1ccnc(NC23CC(N4CCOCC4)(C2)C3)c1C(=O)Nc1cc2c(cc1C(=O)O)OC(F)(F)O2. The van der Waals surface area contributed by atoms with Crippen molar-refractivity contribution < 1.29 is 42.4 Å². The second kappa shape index (κ2) is 8.15. The number of methoxy groups -OCH3 is 1. The summed E-state index contributed by atoms with van der Waals surface area (Å²) in [6.07, 6.45) is 0.274. The number of morpholine rings is 1. The molecule has 13 heteroatoms. The van der Waals surface area contributed by atoms with Crippen molar-refractivity contribution in [2.45, 2.75) is 36.6 Å². The molecule has 1 aromatic heterocycles. The van der Waals surface area contributed by atoms with Crippen LogP contribution in [0.2, 0.25) is 0 Å². The number of nitrogens with zero attached hydrogens (tertiary/aromatic N) is 2. The number of alkyl halides is 2. The van der Waals surface area contributed by atoms with Gasteiger partial charge in [0.15, 0.2) is 11.5 Å². The zero-order valence-corrected chi connectivity index (χ0v) is 19.8. The summed E-state index contributed by atoms with van der Waals surface area (Å²) in [7, 11) is 1.40. The number of hydrogen-bond acceptors (Lipinski definition) is 9. The van der Waals surface area contributed by atoms with Crippen molar-refractivity contribution in [1.29, 1.82) is 0 Å². The Morgan fingerprint density at radius 2 is 1.81 bits per heavy atom. The molecule has 1 amide bonds. The Bertz CT molecular complexity index is 1280. The standard InChI is InChI=1S/C24H24F2N4O7/c1-34-15-2-3-27-19(29-22-10-23(11-22,12-22)30-4-6-35-7-5-30)18(15)20(31)28-14-9-17-16(8-13(14)21(32)33)36-24(25,26)37-17/h2-3,8-9H,4-7,10-12H2,1H3,(H,27,29)(H,28,31)(H,32,33). The third-order valence-corrected chi connectivity index (χ3v) is 7.45. The lowest BCUT2D eigenvalue weighted by atomic mass is 9.43. The molecule has 3 N–H and O–H groups in total. The Labute approximate surface area is 209 Å². The monoisotopic (exact) mass is 518 g/mol. The van der Waals surface area contributed by atoms with Gasteiger partial charge in [0.05, 0.1) is 31.6 Å². The minimum Gasteiger partial charge on any atom is -0.496 e. The molecule has 1 saturated heterocycles. The van der Waals surface area contributed by atoms with Crippen molar-refractivity contribution >= 4 is 23.4 Å². The first-order chi connectivity index (χ1) is 17.6. The summed E-state index contributed by atoms with van der Waals surface area (Å²) in [5.41, 5.74) is -0.690. The molecule has 3 aliphatic carbocycles. The van der Waals surface area contributed by atoms with E-state index in [-0.39, 0.29) is 33.9 Å². The molecule has 196 valence electrons. The summed E-state index contributed by atoms with van der Waals surface area (Å²) in [6, 6.07) is 3.37. The number of amides is 1. The number of aromatic nitrogens is 1. The lowest BCUT2D eigenvalue weighted by Crippen LogP contribution is -2.82. The molecule has 0 unspecified atom stereocenters. The van der Waals surface area contributed by atoms with Crippen molar-refractivity contribution in [2.24, 2.45) is 0 Å². The molecule has 0 spiro atoms. The van der Waals surface area contributed by atoms with E-state index >= 15 is 0 Å². The third kappa shape index (κ3) is 3.89. The van der Waals surface area contributed by atoms with Crippen LogP contribution < -0.4 is 24.8 Å². The van der Waals surface area contributed by atoms with Gasteiger partial charge in [-0.05, 0) is 25.3 Å². The first kappa shape index (κ1) is 23.7. The van der Waals surface area contributed by atoms with Crippen LogP contribution in [0.3, 0.4) is 0 Å². The lowest BCUT2D eigenvalue weighted by Gasteiger charge is -2.74. The summed E-state index contributed by atoms with van der Waals surface area (Å²) in [5, 5.41) is 15.5. The van der Waals surface area contributed by atoms with Crippen LogP contribution in [0.5, 0.6) is 17.2 Å². The van der Waals surface area contributed by atoms with Gasteiger partial charge in [0.1, 0.15) is 17.1 Å². The smallest absolute Gasteiger partial charge is 0.496 e. The number of rotatable bonds is 7. The van der Waals surface area contributed by atoms with E-state index in [9.17, 15) is 23.5 Å². The van der Waals surface area contributed by atoms with E-state index in [0.29, 0.717) is 0 Å². The number of aromatic carboxylic acids is 1. The molecule has 2 aliphatic heterocycles. The summed E-state index contributed by atoms with van der Waals surface area (Å²) >= 11 is 0. The Kier molecular flexibility index (Phi) is 5.21. The second-order valence-electron chi connectivity index (χ2n) is 9.77. The van der Waals surface area contributed by atoms with E-state index < -0.39 is 35.2 Å². The third-order valence-electron chi connectivity index (χ3n) is 7.45. The number of pyridine rings is 1. The fraction of sp³-hybridized carbons (Fsp3) is 0.458. The van der Waals surface area contributed by atoms with Crippen molar-refractivity contribution in [1.82, 2.24) is 9.88 Å². The number of ether oxygens (including phenoxy) is 4. The van der Waals surface area contributed by atoms with Crippen molar-refractivity contribution in [3.8, 4) is 17.2 Å². The number of carboxylic acid groups (broad SMARTS) is 1. The fourth-order valence-corrected chi connectivity index (χ4v) is 5.88. The molecule has 4 fully saturated rings. The van der Waals surface area contributed by atoms with Crippen LogP contribution in [0.15, 0.2) is 24.4 Å². The molecule has 2 bridgehead atoms. The van der Waals surface area contributed by atoms with Crippen LogP contribution in [0, 0.1) is 0 Å². The van der Waals surface area contributed by atoms with Gasteiger partial charge in [-0.25, -0.2) is 9.78 Å². The zero-order chi connectivity index (χ0) is 26.0. The molecule has 3 heterocycles. The van der Waals surface area contributed by atoms with Crippen LogP contribution in [0.4, 0.5) is 20.3 Å². The molecule has 0 radical (unpaired) electrons. The Morgan fingerprint density at radius 1 is 1.14 bits per heavy atom. The van der Waals surface area contributed by atoms with Crippen molar-refractivity contribution in [3.05, 3.63) is 35.5 Å². The van der Waals surface area contributed by atoms with E-state index in [0.717, 1.165) is 57.7 Å². The van der Waals surface area contributed by atoms with Gasteiger partial charge < -0.3 is 34.7 Å². The number of benzene rings is 1. The highest BCUT2D eigenvalue weighted by Crippen LogP contribution is 2.65. The summed E-state index contributed by atoms with van der Waals surface area (Å²) in [4.78, 5) is 32.0. The summed E-state index contributed by atoms with van der Waals surface area (Å²) < 4.78 is 46.6. The first-order valence-electron chi connectivity index (χ1n) is 11.8. The molecule has 5 aliphatic rings. The normalized spacial score (nSPS) is 27.0. The lowest BCUT2D eigenvalue weighted by molar-refractivity contribution is -0.286. The number of nitrogens with one attached hydrogen (secondary N) is 2. The van der Waals surface area contributed by atoms with E-state index in [2.05, 4.69) is 30.0 Å². The Balaban J connectivity index is 1.25. The van der Waals surface area contributed by atoms with Gasteiger partial charge in [0, 0.05) is 42.5 Å². The zero-order valence-electron chi connectivity index (χ0n) is 19.8. The first-order valence-corrected chi connectivity index (χ1v) is 11.8.